The van der Waals surface area contributed by atoms with Crippen LogP contribution in [-0.4, -0.2) is 37.4 Å². The number of aliphatic hydroxyl groups excluding tert-OH is 1. The second-order valence-corrected chi connectivity index (χ2v) is 4.75. The Morgan fingerprint density at radius 3 is 2.74 bits per heavy atom. The lowest BCUT2D eigenvalue weighted by Crippen LogP contribution is -2.28. The maximum Gasteiger partial charge on any atom is 0.252 e. The van der Waals surface area contributed by atoms with Crippen LogP contribution < -0.4 is 5.32 Å². The molecule has 0 bridgehead atoms. The molecule has 0 aromatic heterocycles. The third kappa shape index (κ3) is 4.85. The molecule has 0 aliphatic rings. The van der Waals surface area contributed by atoms with E-state index in [0.29, 0.717) is 6.42 Å². The zero-order valence-electron chi connectivity index (χ0n) is 10.3. The summed E-state index contributed by atoms with van der Waals surface area (Å²) in [5, 5.41) is 11.9. The Hall–Kier alpha value is -1.05. The summed E-state index contributed by atoms with van der Waals surface area (Å²) in [6, 6.07) is 1.71. The van der Waals surface area contributed by atoms with Crippen molar-refractivity contribution in [2.45, 2.75) is 12.5 Å². The molecule has 0 saturated heterocycles. The zero-order chi connectivity index (χ0) is 14.4. The number of benzene rings is 1. The van der Waals surface area contributed by atoms with Crippen molar-refractivity contribution in [1.82, 2.24) is 5.32 Å². The lowest BCUT2D eigenvalue weighted by molar-refractivity contribution is 0.0587. The smallest absolute Gasteiger partial charge is 0.252 e. The van der Waals surface area contributed by atoms with Gasteiger partial charge in [-0.3, -0.25) is 4.79 Å². The van der Waals surface area contributed by atoms with E-state index in [4.69, 9.17) is 4.74 Å². The van der Waals surface area contributed by atoms with Crippen LogP contribution in [0.1, 0.15) is 16.8 Å². The van der Waals surface area contributed by atoms with Crippen LogP contribution in [0.15, 0.2) is 16.6 Å². The summed E-state index contributed by atoms with van der Waals surface area (Å²) in [6.45, 7) is 0.375. The maximum atomic E-state index is 13.0. The van der Waals surface area contributed by atoms with E-state index in [1.54, 1.807) is 0 Å². The van der Waals surface area contributed by atoms with Crippen molar-refractivity contribution in [1.29, 1.82) is 0 Å². The van der Waals surface area contributed by atoms with Gasteiger partial charge in [0, 0.05) is 18.1 Å². The van der Waals surface area contributed by atoms with Crippen molar-refractivity contribution in [3.8, 4) is 0 Å². The van der Waals surface area contributed by atoms with E-state index in [-0.39, 0.29) is 23.2 Å². The number of hydrogen-bond acceptors (Lipinski definition) is 3. The van der Waals surface area contributed by atoms with Crippen molar-refractivity contribution in [3.05, 3.63) is 33.8 Å². The molecule has 19 heavy (non-hydrogen) atoms. The molecule has 1 atom stereocenters. The minimum atomic E-state index is -1.09. The predicted molar refractivity (Wildman–Crippen MR) is 68.9 cm³/mol. The minimum Gasteiger partial charge on any atom is -0.391 e. The van der Waals surface area contributed by atoms with Crippen LogP contribution in [0.5, 0.6) is 0 Å². The average Bonchev–Trinajstić information content (AvgIpc) is 2.34. The van der Waals surface area contributed by atoms with Gasteiger partial charge < -0.3 is 15.2 Å². The monoisotopic (exact) mass is 337 g/mol. The molecule has 1 aromatic carbocycles. The summed E-state index contributed by atoms with van der Waals surface area (Å²) < 4.78 is 30.8. The quantitative estimate of drug-likeness (QED) is 0.779. The molecule has 0 radical (unpaired) electrons. The van der Waals surface area contributed by atoms with Gasteiger partial charge in [0.15, 0.2) is 11.6 Å². The molecule has 1 aromatic rings. The number of ether oxygens (including phenoxy) is 1. The van der Waals surface area contributed by atoms with E-state index in [0.717, 1.165) is 12.1 Å². The first kappa shape index (κ1) is 16.0. The molecule has 7 heteroatoms. The average molecular weight is 338 g/mol. The molecule has 0 aliphatic heterocycles. The molecule has 0 saturated carbocycles. The Balaban J connectivity index is 2.57. The van der Waals surface area contributed by atoms with Crippen molar-refractivity contribution < 1.29 is 23.4 Å². The van der Waals surface area contributed by atoms with Gasteiger partial charge in [0.05, 0.1) is 18.3 Å². The fourth-order valence-electron chi connectivity index (χ4n) is 1.42. The SMILES string of the molecule is COCC(O)CCNC(=O)c1cc(F)c(F)cc1Br. The van der Waals surface area contributed by atoms with Gasteiger partial charge in [0.25, 0.3) is 5.91 Å². The molecule has 106 valence electrons. The van der Waals surface area contributed by atoms with Gasteiger partial charge >= 0.3 is 0 Å². The summed E-state index contributed by atoms with van der Waals surface area (Å²) in [7, 11) is 1.46. The topological polar surface area (TPSA) is 58.6 Å². The molecule has 0 fully saturated rings. The summed E-state index contributed by atoms with van der Waals surface area (Å²) in [5.41, 5.74) is 0.000122. The Bertz CT molecular complexity index is 457. The van der Waals surface area contributed by atoms with E-state index < -0.39 is 23.6 Å². The summed E-state index contributed by atoms with van der Waals surface area (Å²) in [5.74, 6) is -2.66. The van der Waals surface area contributed by atoms with Crippen LogP contribution in [-0.2, 0) is 4.74 Å². The lowest BCUT2D eigenvalue weighted by Gasteiger charge is -2.11. The third-order valence-electron chi connectivity index (χ3n) is 2.38. The number of rotatable bonds is 6. The highest BCUT2D eigenvalue weighted by atomic mass is 79.9. The van der Waals surface area contributed by atoms with Crippen molar-refractivity contribution in [2.75, 3.05) is 20.3 Å². The number of aliphatic hydroxyl groups is 1. The van der Waals surface area contributed by atoms with Crippen LogP contribution in [0.2, 0.25) is 0 Å². The van der Waals surface area contributed by atoms with Gasteiger partial charge in [0.1, 0.15) is 0 Å². The van der Waals surface area contributed by atoms with Gasteiger partial charge in [-0.25, -0.2) is 8.78 Å². The normalized spacial score (nSPS) is 12.3. The zero-order valence-corrected chi connectivity index (χ0v) is 11.8. The van der Waals surface area contributed by atoms with E-state index in [9.17, 15) is 18.7 Å². The van der Waals surface area contributed by atoms with Gasteiger partial charge in [-0.2, -0.15) is 0 Å². The number of hydrogen-bond donors (Lipinski definition) is 2. The molecule has 2 N–H and O–H groups in total. The molecule has 1 rings (SSSR count). The van der Waals surface area contributed by atoms with E-state index in [1.165, 1.54) is 7.11 Å². The number of carbonyl (C=O) groups is 1. The summed E-state index contributed by atoms with van der Waals surface area (Å²) >= 11 is 2.99. The summed E-state index contributed by atoms with van der Waals surface area (Å²) in [6.07, 6.45) is -0.375. The fourth-order valence-corrected chi connectivity index (χ4v) is 1.92. The van der Waals surface area contributed by atoms with E-state index in [1.807, 2.05) is 0 Å². The number of amides is 1. The van der Waals surface area contributed by atoms with Crippen molar-refractivity contribution in [3.63, 3.8) is 0 Å². The van der Waals surface area contributed by atoms with Gasteiger partial charge in [-0.1, -0.05) is 0 Å². The Morgan fingerprint density at radius 2 is 2.11 bits per heavy atom. The first-order valence-corrected chi connectivity index (χ1v) is 6.34. The van der Waals surface area contributed by atoms with Crippen LogP contribution in [0.25, 0.3) is 0 Å². The van der Waals surface area contributed by atoms with E-state index >= 15 is 0 Å². The molecular formula is C12H14BrF2NO3. The third-order valence-corrected chi connectivity index (χ3v) is 3.03. The molecule has 4 nitrogen and oxygen atoms in total. The molecular weight excluding hydrogens is 324 g/mol. The van der Waals surface area contributed by atoms with Gasteiger partial charge in [-0.15, -0.1) is 0 Å². The second-order valence-electron chi connectivity index (χ2n) is 3.90. The van der Waals surface area contributed by atoms with Gasteiger partial charge in [-0.05, 0) is 34.5 Å². The first-order chi connectivity index (χ1) is 8.95. The minimum absolute atomic E-state index is 0.000122. The standard InChI is InChI=1S/C12H14BrF2NO3/c1-19-6-7(17)2-3-16-12(18)8-4-10(14)11(15)5-9(8)13/h4-5,7,17H,2-3,6H2,1H3,(H,16,18). The number of methoxy groups -OCH3 is 1. The Kier molecular flexibility index (Phi) is 6.33. The lowest BCUT2D eigenvalue weighted by atomic mass is 10.2. The fraction of sp³-hybridized carbons (Fsp3) is 0.417. The maximum absolute atomic E-state index is 13.0. The highest BCUT2D eigenvalue weighted by Crippen LogP contribution is 2.20. The first-order valence-electron chi connectivity index (χ1n) is 5.55. The second kappa shape index (κ2) is 7.52. The molecule has 1 amide bonds. The highest BCUT2D eigenvalue weighted by Gasteiger charge is 2.14. The van der Waals surface area contributed by atoms with Crippen LogP contribution >= 0.6 is 15.9 Å². The van der Waals surface area contributed by atoms with Gasteiger partial charge in [0.2, 0.25) is 0 Å². The van der Waals surface area contributed by atoms with Crippen LogP contribution in [0.3, 0.4) is 0 Å². The van der Waals surface area contributed by atoms with E-state index in [2.05, 4.69) is 21.2 Å². The largest absolute Gasteiger partial charge is 0.391 e. The molecule has 0 spiro atoms. The molecule has 0 heterocycles. The molecule has 0 aliphatic carbocycles. The number of nitrogens with one attached hydrogen (secondary N) is 1. The Labute approximate surface area is 117 Å². The number of carbonyl (C=O) groups excluding carboxylic acids is 1. The summed E-state index contributed by atoms with van der Waals surface area (Å²) in [4.78, 5) is 11.7. The van der Waals surface area contributed by atoms with Crippen LogP contribution in [0.4, 0.5) is 8.78 Å². The van der Waals surface area contributed by atoms with Crippen molar-refractivity contribution >= 4 is 21.8 Å². The van der Waals surface area contributed by atoms with Crippen molar-refractivity contribution in [2.24, 2.45) is 0 Å². The Morgan fingerprint density at radius 1 is 1.47 bits per heavy atom. The van der Waals surface area contributed by atoms with Crippen LogP contribution in [0, 0.1) is 11.6 Å². The highest BCUT2D eigenvalue weighted by molar-refractivity contribution is 9.10. The molecule has 1 unspecified atom stereocenters. The number of halogens is 3. The predicted octanol–water partition coefficient (Wildman–Crippen LogP) is 1.85.